The van der Waals surface area contributed by atoms with Crippen LogP contribution in [-0.4, -0.2) is 19.1 Å². The van der Waals surface area contributed by atoms with Gasteiger partial charge in [0.05, 0.1) is 33.3 Å². The average Bonchev–Trinajstić information content (AvgIpc) is 4.03. The highest BCUT2D eigenvalue weighted by atomic mass is 32.1. The number of fused-ring (bicyclic) bond motifs is 11. The van der Waals surface area contributed by atoms with E-state index in [1.807, 2.05) is 11.3 Å². The van der Waals surface area contributed by atoms with Gasteiger partial charge in [0.15, 0.2) is 0 Å². The zero-order chi connectivity index (χ0) is 40.0. The molecular weight excluding hydrogens is 761 g/mol. The Labute approximate surface area is 354 Å². The van der Waals surface area contributed by atoms with Gasteiger partial charge in [-0.15, -0.1) is 11.3 Å². The standard InChI is InChI=1S/C56H34N4S/c1-4-16-36(17-5-1)51-34-45-50(61-51)32-29-46-53(45)54(37-18-6-2-7-19-37)58-56(57-46)60-48-30-28-38(33-44(48)52-40-22-11-10-15-35(40)27-31-49(52)60)41-24-14-25-43-42-23-12-13-26-47(42)59(55(41)43)39-20-8-3-9-21-39/h1-34H. The van der Waals surface area contributed by atoms with Crippen LogP contribution in [0.15, 0.2) is 206 Å². The lowest BCUT2D eigenvalue weighted by molar-refractivity contribution is 1.01. The smallest absolute Gasteiger partial charge is 0.235 e. The lowest BCUT2D eigenvalue weighted by atomic mass is 9.98. The molecule has 0 radical (unpaired) electrons. The van der Waals surface area contributed by atoms with Crippen molar-refractivity contribution < 1.29 is 0 Å². The molecule has 0 saturated carbocycles. The molecule has 0 bridgehead atoms. The summed E-state index contributed by atoms with van der Waals surface area (Å²) in [6.45, 7) is 0. The minimum absolute atomic E-state index is 0.651. The van der Waals surface area contributed by atoms with Crippen molar-refractivity contribution in [2.24, 2.45) is 0 Å². The molecule has 4 heterocycles. The van der Waals surface area contributed by atoms with E-state index in [0.29, 0.717) is 5.95 Å². The second-order valence-electron chi connectivity index (χ2n) is 15.7. The lowest BCUT2D eigenvalue weighted by Gasteiger charge is -2.13. The number of aromatic nitrogens is 4. The number of benzene rings is 9. The molecule has 0 atom stereocenters. The molecular formula is C56H34N4S. The van der Waals surface area contributed by atoms with Crippen molar-refractivity contribution >= 4 is 86.7 Å². The van der Waals surface area contributed by atoms with Crippen LogP contribution in [0, 0.1) is 0 Å². The molecule has 61 heavy (non-hydrogen) atoms. The first-order valence-corrected chi connectivity index (χ1v) is 21.5. The molecule has 13 aromatic rings. The summed E-state index contributed by atoms with van der Waals surface area (Å²) >= 11 is 1.81. The Kier molecular flexibility index (Phi) is 7.44. The Balaban J connectivity index is 1.10. The average molecular weight is 795 g/mol. The maximum Gasteiger partial charge on any atom is 0.235 e. The van der Waals surface area contributed by atoms with Crippen LogP contribution < -0.4 is 0 Å². The topological polar surface area (TPSA) is 35.6 Å². The second kappa shape index (κ2) is 13.3. The molecule has 4 aromatic heterocycles. The summed E-state index contributed by atoms with van der Waals surface area (Å²) in [5.74, 6) is 0.651. The van der Waals surface area contributed by atoms with Gasteiger partial charge < -0.3 is 4.57 Å². The number of nitrogens with zero attached hydrogens (tertiary/aromatic N) is 4. The molecule has 0 aliphatic carbocycles. The van der Waals surface area contributed by atoms with Gasteiger partial charge in [-0.2, -0.15) is 0 Å². The van der Waals surface area contributed by atoms with Crippen LogP contribution in [0.3, 0.4) is 0 Å². The van der Waals surface area contributed by atoms with Crippen LogP contribution in [-0.2, 0) is 0 Å². The van der Waals surface area contributed by atoms with Gasteiger partial charge in [-0.3, -0.25) is 4.57 Å². The van der Waals surface area contributed by atoms with Crippen LogP contribution in [0.4, 0.5) is 0 Å². The zero-order valence-corrected chi connectivity index (χ0v) is 33.6. The fourth-order valence-electron chi connectivity index (χ4n) is 9.65. The van der Waals surface area contributed by atoms with E-state index in [-0.39, 0.29) is 0 Å². The van der Waals surface area contributed by atoms with Crippen molar-refractivity contribution in [2.75, 3.05) is 0 Å². The molecule has 0 saturated heterocycles. The first-order valence-electron chi connectivity index (χ1n) is 20.7. The molecule has 9 aromatic carbocycles. The van der Waals surface area contributed by atoms with E-state index in [4.69, 9.17) is 9.97 Å². The van der Waals surface area contributed by atoms with Crippen LogP contribution in [0.2, 0.25) is 0 Å². The first-order chi connectivity index (χ1) is 30.3. The summed E-state index contributed by atoms with van der Waals surface area (Å²) in [5.41, 5.74) is 12.1. The molecule has 0 aliphatic rings. The lowest BCUT2D eigenvalue weighted by Crippen LogP contribution is -2.03. The van der Waals surface area contributed by atoms with Gasteiger partial charge in [0, 0.05) is 58.7 Å². The summed E-state index contributed by atoms with van der Waals surface area (Å²) in [5, 5.41) is 9.47. The summed E-state index contributed by atoms with van der Waals surface area (Å²) in [4.78, 5) is 12.3. The third-order valence-corrected chi connectivity index (χ3v) is 13.5. The molecule has 0 unspecified atom stereocenters. The number of rotatable bonds is 5. The minimum atomic E-state index is 0.651. The summed E-state index contributed by atoms with van der Waals surface area (Å²) in [6, 6.07) is 74.2. The quantitative estimate of drug-likeness (QED) is 0.174. The van der Waals surface area contributed by atoms with E-state index in [9.17, 15) is 0 Å². The molecule has 0 spiro atoms. The molecule has 13 rings (SSSR count). The van der Waals surface area contributed by atoms with Gasteiger partial charge in [-0.25, -0.2) is 9.97 Å². The van der Waals surface area contributed by atoms with Crippen molar-refractivity contribution in [1.82, 2.24) is 19.1 Å². The van der Waals surface area contributed by atoms with E-state index >= 15 is 0 Å². The van der Waals surface area contributed by atoms with Crippen LogP contribution >= 0.6 is 11.3 Å². The van der Waals surface area contributed by atoms with Crippen LogP contribution in [0.25, 0.3) is 120 Å². The van der Waals surface area contributed by atoms with E-state index in [2.05, 4.69) is 215 Å². The molecule has 4 nitrogen and oxygen atoms in total. The van der Waals surface area contributed by atoms with Gasteiger partial charge in [0.1, 0.15) is 0 Å². The second-order valence-corrected chi connectivity index (χ2v) is 16.8. The van der Waals surface area contributed by atoms with E-state index in [0.717, 1.165) is 49.8 Å². The molecule has 0 N–H and O–H groups in total. The number of hydrogen-bond acceptors (Lipinski definition) is 3. The summed E-state index contributed by atoms with van der Waals surface area (Å²) in [6.07, 6.45) is 0. The number of thiophene rings is 1. The number of hydrogen-bond donors (Lipinski definition) is 0. The SMILES string of the molecule is c1ccc(-c2cc3c(ccc4nc(-n5c6ccc(-c7cccc8c9ccccc9n(-c9ccccc9)c78)cc6c6c7ccccc7ccc65)nc(-c5ccccc5)c43)s2)cc1. The van der Waals surface area contributed by atoms with Gasteiger partial charge >= 0.3 is 0 Å². The molecule has 0 amide bonds. The molecule has 284 valence electrons. The fourth-order valence-corrected chi connectivity index (χ4v) is 10.7. The van der Waals surface area contributed by atoms with E-state index in [1.165, 1.54) is 64.1 Å². The highest BCUT2D eigenvalue weighted by Gasteiger charge is 2.22. The van der Waals surface area contributed by atoms with Gasteiger partial charge in [-0.05, 0) is 76.5 Å². The maximum atomic E-state index is 5.57. The molecule has 0 fully saturated rings. The predicted octanol–water partition coefficient (Wildman–Crippen LogP) is 15.2. The highest BCUT2D eigenvalue weighted by molar-refractivity contribution is 7.22. The van der Waals surface area contributed by atoms with Crippen LogP contribution in [0.1, 0.15) is 0 Å². The third-order valence-electron chi connectivity index (χ3n) is 12.3. The molecule has 5 heteroatoms. The van der Waals surface area contributed by atoms with Crippen molar-refractivity contribution in [3.05, 3.63) is 206 Å². The summed E-state index contributed by atoms with van der Waals surface area (Å²) in [7, 11) is 0. The van der Waals surface area contributed by atoms with E-state index < -0.39 is 0 Å². The zero-order valence-electron chi connectivity index (χ0n) is 32.8. The van der Waals surface area contributed by atoms with Gasteiger partial charge in [0.25, 0.3) is 0 Å². The number of para-hydroxylation sites is 3. The van der Waals surface area contributed by atoms with Crippen molar-refractivity contribution in [2.45, 2.75) is 0 Å². The Hall–Kier alpha value is -7.86. The normalized spacial score (nSPS) is 11.9. The summed E-state index contributed by atoms with van der Waals surface area (Å²) < 4.78 is 5.92. The minimum Gasteiger partial charge on any atom is -0.309 e. The van der Waals surface area contributed by atoms with E-state index in [1.54, 1.807) is 0 Å². The third kappa shape index (κ3) is 5.18. The first kappa shape index (κ1) is 34.0. The van der Waals surface area contributed by atoms with Gasteiger partial charge in [-0.1, -0.05) is 152 Å². The van der Waals surface area contributed by atoms with Crippen molar-refractivity contribution in [3.63, 3.8) is 0 Å². The van der Waals surface area contributed by atoms with Crippen LogP contribution in [0.5, 0.6) is 0 Å². The van der Waals surface area contributed by atoms with Crippen molar-refractivity contribution in [3.8, 4) is 44.5 Å². The maximum absolute atomic E-state index is 5.57. The highest BCUT2D eigenvalue weighted by Crippen LogP contribution is 2.44. The molecule has 0 aliphatic heterocycles. The Morgan fingerprint density at radius 3 is 1.92 bits per heavy atom. The predicted molar refractivity (Wildman–Crippen MR) is 257 cm³/mol. The fraction of sp³-hybridized carbons (Fsp3) is 0. The largest absolute Gasteiger partial charge is 0.309 e. The Morgan fingerprint density at radius 1 is 0.393 bits per heavy atom. The Bertz CT molecular complexity index is 3860. The monoisotopic (exact) mass is 794 g/mol. The van der Waals surface area contributed by atoms with Crippen molar-refractivity contribution in [1.29, 1.82) is 0 Å². The van der Waals surface area contributed by atoms with Gasteiger partial charge in [0.2, 0.25) is 5.95 Å². The Morgan fingerprint density at radius 2 is 1.08 bits per heavy atom.